The summed E-state index contributed by atoms with van der Waals surface area (Å²) in [5.41, 5.74) is -1.08. The fourth-order valence-electron chi connectivity index (χ4n) is 1.05. The van der Waals surface area contributed by atoms with Crippen LogP contribution in [-0.2, 0) is 27.0 Å². The van der Waals surface area contributed by atoms with Crippen LogP contribution in [0.2, 0.25) is 0 Å². The monoisotopic (exact) mass is 265 g/mol. The molecule has 1 N–H and O–H groups in total. The molecule has 1 aromatic heterocycles. The molecule has 9 heteroatoms. The molecule has 1 heterocycles. The third-order valence-corrected chi connectivity index (χ3v) is 1.89. The Hall–Kier alpha value is -2.06. The number of alkyl halides is 3. The van der Waals surface area contributed by atoms with E-state index < -0.39 is 30.3 Å². The highest BCUT2D eigenvalue weighted by molar-refractivity contribution is 5.81. The van der Waals surface area contributed by atoms with Crippen molar-refractivity contribution in [3.05, 3.63) is 18.0 Å². The summed E-state index contributed by atoms with van der Waals surface area (Å²) in [5.74, 6) is -1.29. The summed E-state index contributed by atoms with van der Waals surface area (Å²) in [7, 11) is 1.15. The highest BCUT2D eigenvalue weighted by Crippen LogP contribution is 2.27. The van der Waals surface area contributed by atoms with Crippen LogP contribution in [0.15, 0.2) is 12.3 Å². The quantitative estimate of drug-likeness (QED) is 0.789. The van der Waals surface area contributed by atoms with E-state index in [1.165, 1.54) is 0 Å². The van der Waals surface area contributed by atoms with Crippen molar-refractivity contribution in [3.63, 3.8) is 0 Å². The molecule has 100 valence electrons. The Morgan fingerprint density at radius 3 is 2.67 bits per heavy atom. The normalized spacial score (nSPS) is 11.1. The van der Waals surface area contributed by atoms with Gasteiger partial charge in [-0.25, -0.2) is 0 Å². The topological polar surface area (TPSA) is 73.2 Å². The fourth-order valence-corrected chi connectivity index (χ4v) is 1.05. The minimum atomic E-state index is -4.55. The number of carbonyl (C=O) groups is 2. The summed E-state index contributed by atoms with van der Waals surface area (Å²) in [6, 6.07) is 0.758. The molecule has 1 rings (SSSR count). The molecule has 0 aromatic carbocycles. The van der Waals surface area contributed by atoms with Gasteiger partial charge in [0.2, 0.25) is 5.91 Å². The van der Waals surface area contributed by atoms with Gasteiger partial charge in [-0.3, -0.25) is 14.3 Å². The molecule has 0 saturated heterocycles. The molecule has 6 nitrogen and oxygen atoms in total. The van der Waals surface area contributed by atoms with E-state index in [0.717, 1.165) is 24.1 Å². The van der Waals surface area contributed by atoms with Crippen LogP contribution >= 0.6 is 0 Å². The van der Waals surface area contributed by atoms with E-state index in [4.69, 9.17) is 0 Å². The zero-order valence-corrected chi connectivity index (χ0v) is 9.32. The number of ether oxygens (including phenoxy) is 1. The van der Waals surface area contributed by atoms with Gasteiger partial charge in [0.25, 0.3) is 0 Å². The molecule has 1 aromatic rings. The Morgan fingerprint density at radius 2 is 2.17 bits per heavy atom. The van der Waals surface area contributed by atoms with Gasteiger partial charge in [-0.15, -0.1) is 0 Å². The average Bonchev–Trinajstić information content (AvgIpc) is 2.74. The SMILES string of the molecule is COC(=O)CNC(=O)Cn1ccc(C(F)(F)F)n1. The minimum Gasteiger partial charge on any atom is -0.468 e. The lowest BCUT2D eigenvalue weighted by Gasteiger charge is -2.04. The number of hydrogen-bond donors (Lipinski definition) is 1. The Kier molecular flexibility index (Phi) is 4.29. The van der Waals surface area contributed by atoms with Gasteiger partial charge in [0.1, 0.15) is 13.1 Å². The van der Waals surface area contributed by atoms with Crippen LogP contribution in [0.3, 0.4) is 0 Å². The van der Waals surface area contributed by atoms with E-state index in [-0.39, 0.29) is 6.54 Å². The maximum atomic E-state index is 12.2. The van der Waals surface area contributed by atoms with E-state index in [1.54, 1.807) is 0 Å². The smallest absolute Gasteiger partial charge is 0.435 e. The zero-order chi connectivity index (χ0) is 13.8. The standard InChI is InChI=1S/C9H10F3N3O3/c1-18-8(17)4-13-7(16)5-15-3-2-6(14-15)9(10,11)12/h2-3H,4-5H2,1H3,(H,13,16). The lowest BCUT2D eigenvalue weighted by atomic mass is 10.4. The molecule has 0 aliphatic carbocycles. The van der Waals surface area contributed by atoms with Gasteiger partial charge < -0.3 is 10.1 Å². The summed E-state index contributed by atoms with van der Waals surface area (Å²) in [6.07, 6.45) is -3.52. The molecule has 0 atom stereocenters. The number of nitrogens with one attached hydrogen (secondary N) is 1. The highest BCUT2D eigenvalue weighted by Gasteiger charge is 2.33. The number of rotatable bonds is 4. The second kappa shape index (κ2) is 5.52. The van der Waals surface area contributed by atoms with Crippen LogP contribution in [-0.4, -0.2) is 35.3 Å². The summed E-state index contributed by atoms with van der Waals surface area (Å²) < 4.78 is 41.7. The predicted molar refractivity (Wildman–Crippen MR) is 52.3 cm³/mol. The van der Waals surface area contributed by atoms with Crippen LogP contribution in [0.25, 0.3) is 0 Å². The third kappa shape index (κ3) is 4.07. The number of nitrogens with zero attached hydrogens (tertiary/aromatic N) is 2. The molecule has 0 unspecified atom stereocenters. The van der Waals surface area contributed by atoms with E-state index in [9.17, 15) is 22.8 Å². The lowest BCUT2D eigenvalue weighted by molar-refractivity contribution is -0.141. The first-order chi connectivity index (χ1) is 8.32. The first kappa shape index (κ1) is 14.0. The number of methoxy groups -OCH3 is 1. The Labute approximate surface area is 99.7 Å². The van der Waals surface area contributed by atoms with Gasteiger partial charge in [-0.1, -0.05) is 0 Å². The van der Waals surface area contributed by atoms with Crippen LogP contribution in [0.1, 0.15) is 5.69 Å². The molecule has 1 amide bonds. The molecule has 0 saturated carbocycles. The maximum Gasteiger partial charge on any atom is 0.435 e. The first-order valence-corrected chi connectivity index (χ1v) is 4.77. The molecule has 0 aliphatic heterocycles. The van der Waals surface area contributed by atoms with Crippen molar-refractivity contribution in [2.24, 2.45) is 0 Å². The lowest BCUT2D eigenvalue weighted by Crippen LogP contribution is -2.33. The van der Waals surface area contributed by atoms with Crippen molar-refractivity contribution in [2.45, 2.75) is 12.7 Å². The number of hydrogen-bond acceptors (Lipinski definition) is 4. The summed E-state index contributed by atoms with van der Waals surface area (Å²) in [6.45, 7) is -0.754. The zero-order valence-electron chi connectivity index (χ0n) is 9.32. The largest absolute Gasteiger partial charge is 0.468 e. The average molecular weight is 265 g/mol. The van der Waals surface area contributed by atoms with Gasteiger partial charge in [0, 0.05) is 6.20 Å². The number of aromatic nitrogens is 2. The maximum absolute atomic E-state index is 12.2. The molecule has 0 aliphatic rings. The van der Waals surface area contributed by atoms with Gasteiger partial charge in [-0.2, -0.15) is 18.3 Å². The van der Waals surface area contributed by atoms with Gasteiger partial charge >= 0.3 is 12.1 Å². The number of carbonyl (C=O) groups excluding carboxylic acids is 2. The highest BCUT2D eigenvalue weighted by atomic mass is 19.4. The minimum absolute atomic E-state index is 0.345. The second-order valence-electron chi connectivity index (χ2n) is 3.25. The number of amides is 1. The molecular weight excluding hydrogens is 255 g/mol. The van der Waals surface area contributed by atoms with Crippen LogP contribution in [0, 0.1) is 0 Å². The van der Waals surface area contributed by atoms with Crippen molar-refractivity contribution < 1.29 is 27.5 Å². The van der Waals surface area contributed by atoms with E-state index >= 15 is 0 Å². The molecule has 0 fully saturated rings. The van der Waals surface area contributed by atoms with Crippen molar-refractivity contribution in [2.75, 3.05) is 13.7 Å². The number of esters is 1. The van der Waals surface area contributed by atoms with Crippen LogP contribution in [0.5, 0.6) is 0 Å². The molecule has 0 bridgehead atoms. The Balaban J connectivity index is 2.50. The Morgan fingerprint density at radius 1 is 1.50 bits per heavy atom. The van der Waals surface area contributed by atoms with Crippen LogP contribution in [0.4, 0.5) is 13.2 Å². The second-order valence-corrected chi connectivity index (χ2v) is 3.25. The summed E-state index contributed by atoms with van der Waals surface area (Å²) in [5, 5.41) is 5.36. The molecule has 0 spiro atoms. The van der Waals surface area contributed by atoms with E-state index in [1.807, 2.05) is 0 Å². The fraction of sp³-hybridized carbons (Fsp3) is 0.444. The summed E-state index contributed by atoms with van der Waals surface area (Å²) >= 11 is 0. The van der Waals surface area contributed by atoms with Gasteiger partial charge in [0.05, 0.1) is 7.11 Å². The molecular formula is C9H10F3N3O3. The van der Waals surface area contributed by atoms with Gasteiger partial charge in [-0.05, 0) is 6.07 Å². The van der Waals surface area contributed by atoms with E-state index in [0.29, 0.717) is 0 Å². The molecule has 18 heavy (non-hydrogen) atoms. The first-order valence-electron chi connectivity index (χ1n) is 4.77. The van der Waals surface area contributed by atoms with Crippen molar-refractivity contribution in [3.8, 4) is 0 Å². The van der Waals surface area contributed by atoms with Crippen molar-refractivity contribution in [1.82, 2.24) is 15.1 Å². The molecule has 0 radical (unpaired) electrons. The van der Waals surface area contributed by atoms with E-state index in [2.05, 4.69) is 15.2 Å². The summed E-state index contributed by atoms with van der Waals surface area (Å²) in [4.78, 5) is 21.9. The van der Waals surface area contributed by atoms with Crippen LogP contribution < -0.4 is 5.32 Å². The third-order valence-electron chi connectivity index (χ3n) is 1.89. The predicted octanol–water partition coefficient (Wildman–Crippen LogP) is 0.191. The number of halogens is 3. The van der Waals surface area contributed by atoms with Crippen molar-refractivity contribution in [1.29, 1.82) is 0 Å². The Bertz CT molecular complexity index is 442. The van der Waals surface area contributed by atoms with Crippen molar-refractivity contribution >= 4 is 11.9 Å². The van der Waals surface area contributed by atoms with Gasteiger partial charge in [0.15, 0.2) is 5.69 Å².